The van der Waals surface area contributed by atoms with Crippen LogP contribution in [0.15, 0.2) is 0 Å². The molecule has 64 valence electrons. The average Bonchev–Trinajstić information content (AvgIpc) is 2.05. The van der Waals surface area contributed by atoms with Crippen molar-refractivity contribution < 1.29 is 9.90 Å². The summed E-state index contributed by atoms with van der Waals surface area (Å²) in [7, 11) is 0. The van der Waals surface area contributed by atoms with Gasteiger partial charge in [-0.25, -0.2) is 0 Å². The summed E-state index contributed by atoms with van der Waals surface area (Å²) < 4.78 is 0. The Kier molecular flexibility index (Phi) is 3.33. The molecule has 0 aromatic rings. The van der Waals surface area contributed by atoms with Gasteiger partial charge in [0, 0.05) is 13.1 Å². The van der Waals surface area contributed by atoms with Crippen LogP contribution in [0.4, 0.5) is 0 Å². The SMILES string of the molecule is O=C(CBr)N1CCC(O)CC1. The molecule has 0 atom stereocenters. The molecular weight excluding hydrogens is 210 g/mol. The third kappa shape index (κ3) is 2.45. The van der Waals surface area contributed by atoms with Gasteiger partial charge in [0.25, 0.3) is 0 Å². The summed E-state index contributed by atoms with van der Waals surface area (Å²) in [6, 6.07) is 0. The van der Waals surface area contributed by atoms with Gasteiger partial charge in [0.05, 0.1) is 11.4 Å². The lowest BCUT2D eigenvalue weighted by molar-refractivity contribution is -0.130. The standard InChI is InChI=1S/C7H12BrNO2/c8-5-7(11)9-3-1-6(10)2-4-9/h6,10H,1-5H2. The predicted molar refractivity (Wildman–Crippen MR) is 45.6 cm³/mol. The molecule has 0 aliphatic carbocycles. The molecule has 1 heterocycles. The topological polar surface area (TPSA) is 40.5 Å². The van der Waals surface area contributed by atoms with E-state index in [4.69, 9.17) is 5.11 Å². The smallest absolute Gasteiger partial charge is 0.233 e. The summed E-state index contributed by atoms with van der Waals surface area (Å²) in [5.74, 6) is 0.122. The number of rotatable bonds is 1. The monoisotopic (exact) mass is 221 g/mol. The van der Waals surface area contributed by atoms with Crippen molar-refractivity contribution >= 4 is 21.8 Å². The minimum absolute atomic E-state index is 0.122. The van der Waals surface area contributed by atoms with Crippen LogP contribution in [-0.2, 0) is 4.79 Å². The van der Waals surface area contributed by atoms with Crippen molar-refractivity contribution in [1.29, 1.82) is 0 Å². The van der Waals surface area contributed by atoms with Crippen LogP contribution in [0.2, 0.25) is 0 Å². The summed E-state index contributed by atoms with van der Waals surface area (Å²) in [6.45, 7) is 1.40. The number of hydrogen-bond acceptors (Lipinski definition) is 2. The van der Waals surface area contributed by atoms with Crippen molar-refractivity contribution in [1.82, 2.24) is 4.90 Å². The second-order valence-electron chi connectivity index (χ2n) is 2.75. The van der Waals surface area contributed by atoms with Crippen LogP contribution in [0.3, 0.4) is 0 Å². The molecule has 1 fully saturated rings. The molecule has 0 aromatic carbocycles. The first-order chi connectivity index (χ1) is 5.24. The number of aliphatic hydroxyl groups is 1. The molecule has 0 saturated carbocycles. The molecular formula is C7H12BrNO2. The molecule has 11 heavy (non-hydrogen) atoms. The minimum atomic E-state index is -0.200. The first-order valence-electron chi connectivity index (χ1n) is 3.76. The number of nitrogens with zero attached hydrogens (tertiary/aromatic N) is 1. The number of piperidine rings is 1. The normalized spacial score (nSPS) is 20.4. The Morgan fingerprint density at radius 2 is 2.09 bits per heavy atom. The zero-order chi connectivity index (χ0) is 8.27. The molecule has 1 aliphatic heterocycles. The molecule has 0 unspecified atom stereocenters. The minimum Gasteiger partial charge on any atom is -0.393 e. The van der Waals surface area contributed by atoms with Crippen molar-refractivity contribution in [2.24, 2.45) is 0 Å². The lowest BCUT2D eigenvalue weighted by Crippen LogP contribution is -2.40. The highest BCUT2D eigenvalue weighted by atomic mass is 79.9. The van der Waals surface area contributed by atoms with Gasteiger partial charge in [0.2, 0.25) is 5.91 Å². The Hall–Kier alpha value is -0.0900. The molecule has 1 N–H and O–H groups in total. The van der Waals surface area contributed by atoms with E-state index in [9.17, 15) is 4.79 Å². The molecule has 0 bridgehead atoms. The molecule has 1 saturated heterocycles. The van der Waals surface area contributed by atoms with Gasteiger partial charge >= 0.3 is 0 Å². The average molecular weight is 222 g/mol. The maximum Gasteiger partial charge on any atom is 0.233 e. The molecule has 4 heteroatoms. The number of halogens is 1. The Morgan fingerprint density at radius 3 is 2.55 bits per heavy atom. The van der Waals surface area contributed by atoms with Gasteiger partial charge in [-0.1, -0.05) is 15.9 Å². The van der Waals surface area contributed by atoms with E-state index in [0.717, 1.165) is 12.8 Å². The first kappa shape index (κ1) is 9.00. The van der Waals surface area contributed by atoms with Crippen LogP contribution in [0.25, 0.3) is 0 Å². The number of alkyl halides is 1. The molecule has 1 aliphatic rings. The van der Waals surface area contributed by atoms with E-state index in [1.54, 1.807) is 4.90 Å². The molecule has 0 spiro atoms. The number of carbonyl (C=O) groups is 1. The first-order valence-corrected chi connectivity index (χ1v) is 4.88. The number of carbonyl (C=O) groups excluding carboxylic acids is 1. The maximum absolute atomic E-state index is 11.1. The molecule has 0 radical (unpaired) electrons. The summed E-state index contributed by atoms with van der Waals surface area (Å²) in [6.07, 6.45) is 1.24. The van der Waals surface area contributed by atoms with E-state index in [-0.39, 0.29) is 12.0 Å². The fourth-order valence-electron chi connectivity index (χ4n) is 1.20. The lowest BCUT2D eigenvalue weighted by atomic mass is 10.1. The Bertz CT molecular complexity index is 143. The third-order valence-corrected chi connectivity index (χ3v) is 2.41. The van der Waals surface area contributed by atoms with Gasteiger partial charge in [-0.3, -0.25) is 4.79 Å². The summed E-state index contributed by atoms with van der Waals surface area (Å²) in [5.41, 5.74) is 0. The van der Waals surface area contributed by atoms with Gasteiger partial charge in [-0.15, -0.1) is 0 Å². The van der Waals surface area contributed by atoms with Crippen LogP contribution < -0.4 is 0 Å². The zero-order valence-electron chi connectivity index (χ0n) is 6.29. The van der Waals surface area contributed by atoms with Crippen molar-refractivity contribution in [3.05, 3.63) is 0 Å². The second-order valence-corrected chi connectivity index (χ2v) is 3.31. The van der Waals surface area contributed by atoms with E-state index >= 15 is 0 Å². The van der Waals surface area contributed by atoms with Crippen LogP contribution in [0.5, 0.6) is 0 Å². The fourth-order valence-corrected chi connectivity index (χ4v) is 1.55. The largest absolute Gasteiger partial charge is 0.393 e. The fraction of sp³-hybridized carbons (Fsp3) is 0.857. The maximum atomic E-state index is 11.1. The number of amides is 1. The van der Waals surface area contributed by atoms with Crippen molar-refractivity contribution in [2.45, 2.75) is 18.9 Å². The molecule has 1 rings (SSSR count). The van der Waals surface area contributed by atoms with Crippen molar-refractivity contribution in [2.75, 3.05) is 18.4 Å². The molecule has 1 amide bonds. The van der Waals surface area contributed by atoms with Gasteiger partial charge in [0.1, 0.15) is 0 Å². The Morgan fingerprint density at radius 1 is 1.55 bits per heavy atom. The van der Waals surface area contributed by atoms with E-state index in [1.807, 2.05) is 0 Å². The van der Waals surface area contributed by atoms with Gasteiger partial charge in [-0.2, -0.15) is 0 Å². The van der Waals surface area contributed by atoms with E-state index in [1.165, 1.54) is 0 Å². The van der Waals surface area contributed by atoms with Gasteiger partial charge < -0.3 is 10.0 Å². The number of likely N-dealkylation sites (tertiary alicyclic amines) is 1. The summed E-state index contributed by atoms with van der Waals surface area (Å²) >= 11 is 3.11. The van der Waals surface area contributed by atoms with E-state index < -0.39 is 0 Å². The molecule has 0 aromatic heterocycles. The quantitative estimate of drug-likeness (QED) is 0.651. The highest BCUT2D eigenvalue weighted by Crippen LogP contribution is 2.10. The molecule has 3 nitrogen and oxygen atoms in total. The summed E-state index contributed by atoms with van der Waals surface area (Å²) in [4.78, 5) is 12.9. The number of aliphatic hydroxyl groups excluding tert-OH is 1. The van der Waals surface area contributed by atoms with Crippen LogP contribution in [0.1, 0.15) is 12.8 Å². The van der Waals surface area contributed by atoms with Gasteiger partial charge in [0.15, 0.2) is 0 Å². The highest BCUT2D eigenvalue weighted by Gasteiger charge is 2.19. The van der Waals surface area contributed by atoms with Gasteiger partial charge in [-0.05, 0) is 12.8 Å². The van der Waals surface area contributed by atoms with E-state index in [0.29, 0.717) is 18.4 Å². The van der Waals surface area contributed by atoms with Crippen molar-refractivity contribution in [3.8, 4) is 0 Å². The van der Waals surface area contributed by atoms with Crippen molar-refractivity contribution in [3.63, 3.8) is 0 Å². The lowest BCUT2D eigenvalue weighted by Gasteiger charge is -2.28. The Balaban J connectivity index is 2.33. The summed E-state index contributed by atoms with van der Waals surface area (Å²) in [5, 5.41) is 9.52. The predicted octanol–water partition coefficient (Wildman–Crippen LogP) is 0.365. The third-order valence-electron chi connectivity index (χ3n) is 1.93. The van der Waals surface area contributed by atoms with Crippen LogP contribution >= 0.6 is 15.9 Å². The Labute approximate surface area is 74.5 Å². The van der Waals surface area contributed by atoms with E-state index in [2.05, 4.69) is 15.9 Å². The number of hydrogen-bond donors (Lipinski definition) is 1. The van der Waals surface area contributed by atoms with Crippen LogP contribution in [-0.4, -0.2) is 40.4 Å². The van der Waals surface area contributed by atoms with Crippen LogP contribution in [0, 0.1) is 0 Å². The zero-order valence-corrected chi connectivity index (χ0v) is 7.88. The highest BCUT2D eigenvalue weighted by molar-refractivity contribution is 9.09. The second kappa shape index (κ2) is 4.07.